The summed E-state index contributed by atoms with van der Waals surface area (Å²) in [4.78, 5) is 2.03. The molecular weight excluding hydrogens is 254 g/mol. The molecule has 1 aromatic rings. The Hall–Kier alpha value is -1.54. The van der Waals surface area contributed by atoms with Crippen molar-refractivity contribution in [2.75, 3.05) is 27.3 Å². The lowest BCUT2D eigenvalue weighted by atomic mass is 10.1. The molecule has 0 saturated carbocycles. The van der Waals surface area contributed by atoms with Crippen molar-refractivity contribution in [1.29, 1.82) is 0 Å². The number of benzene rings is 1. The van der Waals surface area contributed by atoms with Crippen LogP contribution in [0, 0.1) is 11.8 Å². The normalized spacial score (nSPS) is 11.2. The second-order valence-corrected chi connectivity index (χ2v) is 5.47. The Morgan fingerprint density at radius 2 is 2.05 bits per heavy atom. The van der Waals surface area contributed by atoms with Crippen molar-refractivity contribution in [1.82, 2.24) is 4.90 Å². The van der Waals surface area contributed by atoms with Crippen molar-refractivity contribution in [2.45, 2.75) is 26.0 Å². The van der Waals surface area contributed by atoms with Gasteiger partial charge in [0.15, 0.2) is 0 Å². The van der Waals surface area contributed by atoms with Gasteiger partial charge in [0, 0.05) is 18.7 Å². The van der Waals surface area contributed by atoms with E-state index in [0.29, 0.717) is 13.1 Å². The molecule has 0 saturated heterocycles. The third-order valence-electron chi connectivity index (χ3n) is 2.71. The lowest BCUT2D eigenvalue weighted by molar-refractivity contribution is 0.0424. The number of rotatable bonds is 5. The van der Waals surface area contributed by atoms with Gasteiger partial charge in [0.1, 0.15) is 12.4 Å². The SMILES string of the molecule is COc1ccc(C#CCO)c(CN(C)CC(C)(C)O)c1. The molecule has 0 bridgehead atoms. The molecule has 0 spiro atoms. The van der Waals surface area contributed by atoms with Crippen molar-refractivity contribution in [2.24, 2.45) is 0 Å². The number of methoxy groups -OCH3 is 1. The van der Waals surface area contributed by atoms with Crippen LogP contribution < -0.4 is 4.74 Å². The van der Waals surface area contributed by atoms with Crippen LogP contribution in [0.3, 0.4) is 0 Å². The second kappa shape index (κ2) is 7.30. The monoisotopic (exact) mass is 277 g/mol. The summed E-state index contributed by atoms with van der Waals surface area (Å²) in [5.41, 5.74) is 1.13. The number of hydrogen-bond donors (Lipinski definition) is 2. The highest BCUT2D eigenvalue weighted by atomic mass is 16.5. The van der Waals surface area contributed by atoms with Gasteiger partial charge in [-0.2, -0.15) is 0 Å². The number of ether oxygens (including phenoxy) is 1. The molecule has 0 aromatic heterocycles. The lowest BCUT2D eigenvalue weighted by Crippen LogP contribution is -2.35. The molecule has 4 heteroatoms. The highest BCUT2D eigenvalue weighted by molar-refractivity contribution is 5.45. The average molecular weight is 277 g/mol. The number of likely N-dealkylation sites (N-methyl/N-ethyl adjacent to an activating group) is 1. The van der Waals surface area contributed by atoms with Crippen molar-refractivity contribution < 1.29 is 14.9 Å². The zero-order valence-corrected chi connectivity index (χ0v) is 12.6. The molecule has 1 aromatic carbocycles. The van der Waals surface area contributed by atoms with Crippen LogP contribution >= 0.6 is 0 Å². The first-order valence-electron chi connectivity index (χ1n) is 6.53. The van der Waals surface area contributed by atoms with Crippen LogP contribution in [0.25, 0.3) is 0 Å². The highest BCUT2D eigenvalue weighted by Gasteiger charge is 2.16. The standard InChI is InChI=1S/C16H23NO3/c1-16(2,19)12-17(3)11-14-10-15(20-4)8-7-13(14)6-5-9-18/h7-8,10,18-19H,9,11-12H2,1-4H3. The minimum atomic E-state index is -0.745. The first kappa shape index (κ1) is 16.5. The average Bonchev–Trinajstić information content (AvgIpc) is 2.34. The fraction of sp³-hybridized carbons (Fsp3) is 0.500. The van der Waals surface area contributed by atoms with E-state index in [0.717, 1.165) is 16.9 Å². The van der Waals surface area contributed by atoms with Crippen molar-refractivity contribution in [3.8, 4) is 17.6 Å². The maximum absolute atomic E-state index is 9.85. The summed E-state index contributed by atoms with van der Waals surface area (Å²) in [6, 6.07) is 5.66. The minimum Gasteiger partial charge on any atom is -0.497 e. The Morgan fingerprint density at radius 1 is 1.35 bits per heavy atom. The third-order valence-corrected chi connectivity index (χ3v) is 2.71. The molecular formula is C16H23NO3. The molecule has 0 amide bonds. The molecule has 0 atom stereocenters. The van der Waals surface area contributed by atoms with Crippen LogP contribution in [-0.2, 0) is 6.54 Å². The number of aliphatic hydroxyl groups excluding tert-OH is 1. The number of aliphatic hydroxyl groups is 2. The van der Waals surface area contributed by atoms with Gasteiger partial charge in [-0.3, -0.25) is 4.90 Å². The summed E-state index contributed by atoms with van der Waals surface area (Å²) in [5, 5.41) is 18.7. The molecule has 0 heterocycles. The molecule has 0 aliphatic carbocycles. The van der Waals surface area contributed by atoms with Gasteiger partial charge >= 0.3 is 0 Å². The molecule has 0 unspecified atom stereocenters. The van der Waals surface area contributed by atoms with Crippen LogP contribution in [-0.4, -0.2) is 48.0 Å². The third kappa shape index (κ3) is 5.62. The summed E-state index contributed by atoms with van der Waals surface area (Å²) in [5.74, 6) is 6.37. The largest absolute Gasteiger partial charge is 0.497 e. The Labute approximate surface area is 121 Å². The highest BCUT2D eigenvalue weighted by Crippen LogP contribution is 2.19. The van der Waals surface area contributed by atoms with Crippen LogP contribution in [0.1, 0.15) is 25.0 Å². The van der Waals surface area contributed by atoms with Gasteiger partial charge in [-0.05, 0) is 44.7 Å². The molecule has 0 fully saturated rings. The Balaban J connectivity index is 2.95. The predicted molar refractivity (Wildman–Crippen MR) is 79.6 cm³/mol. The summed E-state index contributed by atoms with van der Waals surface area (Å²) in [6.07, 6.45) is 0. The van der Waals surface area contributed by atoms with Crippen molar-refractivity contribution in [3.05, 3.63) is 29.3 Å². The maximum atomic E-state index is 9.85. The molecule has 0 aliphatic heterocycles. The first-order valence-corrected chi connectivity index (χ1v) is 6.53. The van der Waals surface area contributed by atoms with Crippen molar-refractivity contribution in [3.63, 3.8) is 0 Å². The van der Waals surface area contributed by atoms with E-state index in [1.807, 2.05) is 30.1 Å². The smallest absolute Gasteiger partial charge is 0.119 e. The van der Waals surface area contributed by atoms with E-state index in [4.69, 9.17) is 9.84 Å². The van der Waals surface area contributed by atoms with E-state index >= 15 is 0 Å². The van der Waals surface area contributed by atoms with Crippen LogP contribution in [0.15, 0.2) is 18.2 Å². The Bertz CT molecular complexity index is 495. The van der Waals surface area contributed by atoms with Gasteiger partial charge in [0.05, 0.1) is 12.7 Å². The van der Waals surface area contributed by atoms with Crippen LogP contribution in [0.4, 0.5) is 0 Å². The molecule has 1 rings (SSSR count). The minimum absolute atomic E-state index is 0.162. The molecule has 4 nitrogen and oxygen atoms in total. The van der Waals surface area contributed by atoms with E-state index in [1.165, 1.54) is 0 Å². The van der Waals surface area contributed by atoms with E-state index in [9.17, 15) is 5.11 Å². The quantitative estimate of drug-likeness (QED) is 0.795. The fourth-order valence-electron chi connectivity index (χ4n) is 2.09. The zero-order valence-electron chi connectivity index (χ0n) is 12.6. The van der Waals surface area contributed by atoms with Gasteiger partial charge in [-0.15, -0.1) is 0 Å². The summed E-state index contributed by atoms with van der Waals surface area (Å²) in [6.45, 7) is 4.60. The summed E-state index contributed by atoms with van der Waals surface area (Å²) >= 11 is 0. The van der Waals surface area contributed by atoms with E-state index < -0.39 is 5.60 Å². The molecule has 0 aliphatic rings. The lowest BCUT2D eigenvalue weighted by Gasteiger charge is -2.26. The van der Waals surface area contributed by atoms with Gasteiger partial charge in [0.25, 0.3) is 0 Å². The molecule has 20 heavy (non-hydrogen) atoms. The van der Waals surface area contributed by atoms with Crippen molar-refractivity contribution >= 4 is 0 Å². The van der Waals surface area contributed by atoms with E-state index in [1.54, 1.807) is 21.0 Å². The Morgan fingerprint density at radius 3 is 2.60 bits per heavy atom. The number of nitrogens with zero attached hydrogens (tertiary/aromatic N) is 1. The van der Waals surface area contributed by atoms with Gasteiger partial charge < -0.3 is 14.9 Å². The van der Waals surface area contributed by atoms with E-state index in [-0.39, 0.29) is 6.61 Å². The van der Waals surface area contributed by atoms with Gasteiger partial charge in [-0.25, -0.2) is 0 Å². The topological polar surface area (TPSA) is 52.9 Å². The van der Waals surface area contributed by atoms with E-state index in [2.05, 4.69) is 11.8 Å². The zero-order chi connectivity index (χ0) is 15.2. The molecule has 110 valence electrons. The molecule has 0 radical (unpaired) electrons. The molecule has 2 N–H and O–H groups in total. The Kier molecular flexibility index (Phi) is 6.03. The number of hydrogen-bond acceptors (Lipinski definition) is 4. The fourth-order valence-corrected chi connectivity index (χ4v) is 2.09. The maximum Gasteiger partial charge on any atom is 0.119 e. The summed E-state index contributed by atoms with van der Waals surface area (Å²) < 4.78 is 5.23. The van der Waals surface area contributed by atoms with Gasteiger partial charge in [-0.1, -0.05) is 11.8 Å². The van der Waals surface area contributed by atoms with Gasteiger partial charge in [0.2, 0.25) is 0 Å². The van der Waals surface area contributed by atoms with Crippen LogP contribution in [0.2, 0.25) is 0 Å². The summed E-state index contributed by atoms with van der Waals surface area (Å²) in [7, 11) is 3.57. The van der Waals surface area contributed by atoms with Crippen LogP contribution in [0.5, 0.6) is 5.75 Å². The first-order chi connectivity index (χ1) is 9.35. The second-order valence-electron chi connectivity index (χ2n) is 5.47. The predicted octanol–water partition coefficient (Wildman–Crippen LogP) is 1.24.